The summed E-state index contributed by atoms with van der Waals surface area (Å²) in [5.74, 6) is 0.214. The van der Waals surface area contributed by atoms with Crippen LogP contribution in [-0.2, 0) is 6.54 Å². The van der Waals surface area contributed by atoms with E-state index in [0.29, 0.717) is 17.2 Å². The second kappa shape index (κ2) is 13.1. The highest BCUT2D eigenvalue weighted by atomic mass is 19.4. The van der Waals surface area contributed by atoms with Crippen LogP contribution in [0.4, 0.5) is 35.4 Å². The van der Waals surface area contributed by atoms with Crippen LogP contribution in [0.2, 0.25) is 0 Å². The molecule has 1 aliphatic rings. The Morgan fingerprint density at radius 2 is 1.79 bits per heavy atom. The van der Waals surface area contributed by atoms with Gasteiger partial charge in [-0.2, -0.15) is 4.98 Å². The molecule has 0 radical (unpaired) electrons. The van der Waals surface area contributed by atoms with Gasteiger partial charge in [0.2, 0.25) is 5.95 Å². The van der Waals surface area contributed by atoms with Crippen LogP contribution in [-0.4, -0.2) is 53.6 Å². The molecule has 39 heavy (non-hydrogen) atoms. The maximum atomic E-state index is 12.8. The monoisotopic (exact) mass is 544 g/mol. The van der Waals surface area contributed by atoms with Gasteiger partial charge >= 0.3 is 6.36 Å². The summed E-state index contributed by atoms with van der Waals surface area (Å²) in [6.07, 6.45) is -0.463. The number of anilines is 3. The zero-order valence-electron chi connectivity index (χ0n) is 21.2. The molecule has 208 valence electrons. The van der Waals surface area contributed by atoms with E-state index in [2.05, 4.69) is 24.9 Å². The molecular formula is C27H29F3N5O4-. The van der Waals surface area contributed by atoms with E-state index >= 15 is 0 Å². The number of carbonyl (C=O) groups excluding carboxylic acids is 1. The van der Waals surface area contributed by atoms with Gasteiger partial charge in [-0.3, -0.25) is 0 Å². The van der Waals surface area contributed by atoms with Crippen molar-refractivity contribution in [1.29, 1.82) is 0 Å². The van der Waals surface area contributed by atoms with Crippen molar-refractivity contribution in [3.63, 3.8) is 0 Å². The summed E-state index contributed by atoms with van der Waals surface area (Å²) in [5.41, 5.74) is 0.621. The van der Waals surface area contributed by atoms with Crippen molar-refractivity contribution in [2.45, 2.75) is 38.6 Å². The van der Waals surface area contributed by atoms with Gasteiger partial charge in [0.15, 0.2) is 0 Å². The summed E-state index contributed by atoms with van der Waals surface area (Å²) in [6.45, 7) is 3.48. The molecule has 9 nitrogen and oxygen atoms in total. The maximum Gasteiger partial charge on any atom is 0.573 e. The van der Waals surface area contributed by atoms with Crippen molar-refractivity contribution in [2.24, 2.45) is 0 Å². The second-order valence-corrected chi connectivity index (χ2v) is 9.00. The number of rotatable bonds is 11. The molecule has 2 aromatic carbocycles. The number of hydrogen-bond acceptors (Lipinski definition) is 8. The third kappa shape index (κ3) is 8.74. The molecule has 0 unspecified atom stereocenters. The number of amides is 1. The van der Waals surface area contributed by atoms with Gasteiger partial charge in [0.25, 0.3) is 0 Å². The molecule has 1 N–H and O–H groups in total. The molecule has 2 heterocycles. The third-order valence-corrected chi connectivity index (χ3v) is 6.11. The maximum absolute atomic E-state index is 12.8. The zero-order chi connectivity index (χ0) is 27.7. The Morgan fingerprint density at radius 1 is 1.05 bits per heavy atom. The Morgan fingerprint density at radius 3 is 2.51 bits per heavy atom. The fourth-order valence-corrected chi connectivity index (χ4v) is 4.25. The summed E-state index contributed by atoms with van der Waals surface area (Å²) in [5, 5.41) is 14.8. The Kier molecular flexibility index (Phi) is 9.42. The minimum absolute atomic E-state index is 0.0151. The standard InChI is InChI=1S/C27H30F3N5O4/c28-27(29,30)39-23-8-3-2-7-20(23)19-35(26(36)37)24-13-14-31-25(33-24)32-21-9-11-22(12-10-21)38-18-6-17-34-15-4-1-5-16-34/h2-3,7-14H,1,4-6,15-19H2,(H,36,37)(H,31,32,33)/p-1. The van der Waals surface area contributed by atoms with E-state index in [1.807, 2.05) is 0 Å². The van der Waals surface area contributed by atoms with Crippen LogP contribution >= 0.6 is 0 Å². The number of alkyl halides is 3. The largest absolute Gasteiger partial charge is 0.573 e. The van der Waals surface area contributed by atoms with Crippen molar-refractivity contribution in [2.75, 3.05) is 36.5 Å². The van der Waals surface area contributed by atoms with Crippen LogP contribution in [0.5, 0.6) is 11.5 Å². The molecule has 0 atom stereocenters. The molecule has 1 saturated heterocycles. The number of piperidine rings is 1. The number of benzene rings is 2. The average molecular weight is 545 g/mol. The Labute approximate surface area is 224 Å². The number of aromatic nitrogens is 2. The number of ether oxygens (including phenoxy) is 2. The molecular weight excluding hydrogens is 515 g/mol. The number of para-hydroxylation sites is 1. The Bertz CT molecular complexity index is 1220. The number of nitrogens with zero attached hydrogens (tertiary/aromatic N) is 4. The van der Waals surface area contributed by atoms with Gasteiger partial charge in [-0.15, -0.1) is 13.2 Å². The van der Waals surface area contributed by atoms with Crippen LogP contribution < -0.4 is 24.8 Å². The summed E-state index contributed by atoms with van der Waals surface area (Å²) < 4.78 is 48.2. The summed E-state index contributed by atoms with van der Waals surface area (Å²) >= 11 is 0. The first-order valence-electron chi connectivity index (χ1n) is 12.6. The number of carbonyl (C=O) groups is 1. The lowest BCUT2D eigenvalue weighted by Crippen LogP contribution is -2.41. The molecule has 12 heteroatoms. The van der Waals surface area contributed by atoms with Crippen LogP contribution in [0, 0.1) is 0 Å². The molecule has 0 aliphatic carbocycles. The normalized spacial score (nSPS) is 14.0. The van der Waals surface area contributed by atoms with Gasteiger partial charge in [0.1, 0.15) is 23.4 Å². The molecule has 4 rings (SSSR count). The molecule has 3 aromatic rings. The molecule has 1 aliphatic heterocycles. The fourth-order valence-electron chi connectivity index (χ4n) is 4.25. The van der Waals surface area contributed by atoms with Crippen molar-refractivity contribution in [3.8, 4) is 11.5 Å². The third-order valence-electron chi connectivity index (χ3n) is 6.11. The quantitative estimate of drug-likeness (QED) is 0.346. The predicted molar refractivity (Wildman–Crippen MR) is 137 cm³/mol. The smallest absolute Gasteiger partial charge is 0.530 e. The van der Waals surface area contributed by atoms with Crippen LogP contribution in [0.3, 0.4) is 0 Å². The van der Waals surface area contributed by atoms with Crippen molar-refractivity contribution < 1.29 is 32.5 Å². The Balaban J connectivity index is 1.36. The summed E-state index contributed by atoms with van der Waals surface area (Å²) in [6, 6.07) is 13.7. The van der Waals surface area contributed by atoms with E-state index in [0.717, 1.165) is 37.9 Å². The summed E-state index contributed by atoms with van der Waals surface area (Å²) in [4.78, 5) is 23.3. The second-order valence-electron chi connectivity index (χ2n) is 9.00. The number of halogens is 3. The van der Waals surface area contributed by atoms with Gasteiger partial charge < -0.3 is 34.5 Å². The average Bonchev–Trinajstić information content (AvgIpc) is 2.91. The SMILES string of the molecule is O=C([O-])N(Cc1ccccc1OC(F)(F)F)c1ccnc(Nc2ccc(OCCCN3CCCCC3)cc2)n1. The van der Waals surface area contributed by atoms with E-state index in [1.54, 1.807) is 24.3 Å². The lowest BCUT2D eigenvalue weighted by molar-refractivity contribution is -0.274. The van der Waals surface area contributed by atoms with Crippen LogP contribution in [0.1, 0.15) is 31.2 Å². The number of hydrogen-bond donors (Lipinski definition) is 1. The van der Waals surface area contributed by atoms with Crippen LogP contribution in [0.15, 0.2) is 60.8 Å². The zero-order valence-corrected chi connectivity index (χ0v) is 21.2. The van der Waals surface area contributed by atoms with Gasteiger partial charge in [-0.25, -0.2) is 4.98 Å². The van der Waals surface area contributed by atoms with E-state index in [-0.39, 0.29) is 17.3 Å². The van der Waals surface area contributed by atoms with Gasteiger partial charge in [-0.1, -0.05) is 24.6 Å². The topological polar surface area (TPSA) is 103 Å². The minimum Gasteiger partial charge on any atom is -0.530 e. The number of likely N-dealkylation sites (tertiary alicyclic amines) is 1. The summed E-state index contributed by atoms with van der Waals surface area (Å²) in [7, 11) is 0. The minimum atomic E-state index is -4.93. The highest BCUT2D eigenvalue weighted by Crippen LogP contribution is 2.28. The molecule has 0 saturated carbocycles. The lowest BCUT2D eigenvalue weighted by atomic mass is 10.1. The van der Waals surface area contributed by atoms with E-state index in [9.17, 15) is 23.1 Å². The molecule has 0 bridgehead atoms. The van der Waals surface area contributed by atoms with E-state index in [4.69, 9.17) is 4.74 Å². The fraction of sp³-hybridized carbons (Fsp3) is 0.370. The Hall–Kier alpha value is -4.06. The first kappa shape index (κ1) is 28.0. The van der Waals surface area contributed by atoms with E-state index < -0.39 is 24.7 Å². The molecule has 1 amide bonds. The van der Waals surface area contributed by atoms with Crippen LogP contribution in [0.25, 0.3) is 0 Å². The number of carboxylic acid groups (broad SMARTS) is 1. The molecule has 1 aromatic heterocycles. The van der Waals surface area contributed by atoms with E-state index in [1.165, 1.54) is 49.7 Å². The van der Waals surface area contributed by atoms with Crippen molar-refractivity contribution in [3.05, 3.63) is 66.4 Å². The lowest BCUT2D eigenvalue weighted by Gasteiger charge is -2.26. The van der Waals surface area contributed by atoms with Crippen molar-refractivity contribution >= 4 is 23.5 Å². The predicted octanol–water partition coefficient (Wildman–Crippen LogP) is 4.72. The highest BCUT2D eigenvalue weighted by molar-refractivity contribution is 5.83. The molecule has 0 spiro atoms. The first-order chi connectivity index (χ1) is 18.8. The van der Waals surface area contributed by atoms with Gasteiger partial charge in [-0.05, 0) is 68.8 Å². The van der Waals surface area contributed by atoms with Crippen molar-refractivity contribution in [1.82, 2.24) is 14.9 Å². The molecule has 1 fully saturated rings. The first-order valence-corrected chi connectivity index (χ1v) is 12.6. The number of nitrogens with one attached hydrogen (secondary N) is 1. The van der Waals surface area contributed by atoms with Gasteiger partial charge in [0, 0.05) is 24.0 Å². The highest BCUT2D eigenvalue weighted by Gasteiger charge is 2.32. The van der Waals surface area contributed by atoms with Gasteiger partial charge in [0.05, 0.1) is 13.2 Å².